The lowest BCUT2D eigenvalue weighted by atomic mass is 10.1. The number of halogens is 1. The van der Waals surface area contributed by atoms with Gasteiger partial charge in [-0.1, -0.05) is 18.2 Å². The number of benzene rings is 2. The largest absolute Gasteiger partial charge is 0.452 e. The molecule has 0 fully saturated rings. The average Bonchev–Trinajstić information content (AvgIpc) is 2.96. The molecule has 0 spiro atoms. The van der Waals surface area contributed by atoms with Gasteiger partial charge in [0.1, 0.15) is 5.82 Å². The molecule has 3 amide bonds. The van der Waals surface area contributed by atoms with Crippen molar-refractivity contribution >= 4 is 23.7 Å². The Morgan fingerprint density at radius 2 is 1.87 bits per heavy atom. The van der Waals surface area contributed by atoms with E-state index in [4.69, 9.17) is 4.74 Å². The van der Waals surface area contributed by atoms with E-state index in [9.17, 15) is 23.6 Å². The van der Waals surface area contributed by atoms with Crippen LogP contribution in [0.4, 0.5) is 4.39 Å². The predicted octanol–water partition coefficient (Wildman–Crippen LogP) is 2.42. The molecule has 0 radical (unpaired) electrons. The Bertz CT molecular complexity index is 1050. The molecule has 0 saturated heterocycles. The van der Waals surface area contributed by atoms with E-state index in [1.165, 1.54) is 48.4 Å². The molecule has 8 heteroatoms. The summed E-state index contributed by atoms with van der Waals surface area (Å²) in [7, 11) is 1.51. The number of hydrogen-bond acceptors (Lipinski definition) is 5. The van der Waals surface area contributed by atoms with Gasteiger partial charge in [0.15, 0.2) is 6.61 Å². The molecule has 1 aliphatic rings. The smallest absolute Gasteiger partial charge is 0.338 e. The number of carbonyl (C=O) groups is 4. The van der Waals surface area contributed by atoms with Crippen LogP contribution in [0.1, 0.15) is 36.6 Å². The van der Waals surface area contributed by atoms with Crippen LogP contribution in [-0.2, 0) is 16.1 Å². The van der Waals surface area contributed by atoms with Gasteiger partial charge < -0.3 is 9.64 Å². The lowest BCUT2D eigenvalue weighted by Gasteiger charge is -2.17. The van der Waals surface area contributed by atoms with Gasteiger partial charge in [0.25, 0.3) is 17.7 Å². The molecule has 0 atom stereocenters. The number of rotatable bonds is 7. The Morgan fingerprint density at radius 1 is 1.13 bits per heavy atom. The summed E-state index contributed by atoms with van der Waals surface area (Å²) >= 11 is 0. The second kappa shape index (κ2) is 8.69. The molecule has 0 aromatic heterocycles. The first-order valence-electron chi connectivity index (χ1n) is 9.08. The number of likely N-dealkylation sites (N-methyl/N-ethyl adjacent to an activating group) is 1. The lowest BCUT2D eigenvalue weighted by Crippen LogP contribution is -2.30. The molecule has 0 unspecified atom stereocenters. The Labute approximate surface area is 172 Å². The summed E-state index contributed by atoms with van der Waals surface area (Å²) in [5, 5.41) is 0. The zero-order valence-corrected chi connectivity index (χ0v) is 16.3. The summed E-state index contributed by atoms with van der Waals surface area (Å²) < 4.78 is 18.3. The number of esters is 1. The van der Waals surface area contributed by atoms with Gasteiger partial charge in [-0.05, 0) is 35.9 Å². The van der Waals surface area contributed by atoms with Crippen molar-refractivity contribution in [1.29, 1.82) is 0 Å². The van der Waals surface area contributed by atoms with Crippen LogP contribution in [0.15, 0.2) is 55.1 Å². The van der Waals surface area contributed by atoms with Crippen LogP contribution in [0.25, 0.3) is 0 Å². The summed E-state index contributed by atoms with van der Waals surface area (Å²) in [4.78, 5) is 51.4. The maximum absolute atomic E-state index is 13.2. The Hall–Kier alpha value is -3.81. The minimum atomic E-state index is -0.798. The van der Waals surface area contributed by atoms with Gasteiger partial charge in [-0.2, -0.15) is 0 Å². The summed E-state index contributed by atoms with van der Waals surface area (Å²) in [6.07, 6.45) is 1.43. The summed E-state index contributed by atoms with van der Waals surface area (Å²) in [6, 6.07) is 9.86. The fourth-order valence-corrected chi connectivity index (χ4v) is 3.03. The van der Waals surface area contributed by atoms with Gasteiger partial charge in [0, 0.05) is 20.1 Å². The molecule has 1 heterocycles. The SMILES string of the molecule is C=CCN1C(=O)c2ccc(C(=O)OCC(=O)N(C)Cc3cccc(F)c3)cc2C1=O. The predicted molar refractivity (Wildman–Crippen MR) is 105 cm³/mol. The monoisotopic (exact) mass is 410 g/mol. The average molecular weight is 410 g/mol. The molecule has 0 bridgehead atoms. The van der Waals surface area contributed by atoms with E-state index in [-0.39, 0.29) is 29.8 Å². The third kappa shape index (κ3) is 4.27. The van der Waals surface area contributed by atoms with Crippen LogP contribution >= 0.6 is 0 Å². The van der Waals surface area contributed by atoms with Crippen molar-refractivity contribution in [1.82, 2.24) is 9.80 Å². The maximum Gasteiger partial charge on any atom is 0.338 e. The highest BCUT2D eigenvalue weighted by molar-refractivity contribution is 6.22. The van der Waals surface area contributed by atoms with E-state index in [1.807, 2.05) is 0 Å². The van der Waals surface area contributed by atoms with Gasteiger partial charge in [-0.15, -0.1) is 6.58 Å². The zero-order valence-electron chi connectivity index (χ0n) is 16.3. The van der Waals surface area contributed by atoms with E-state index < -0.39 is 36.1 Å². The van der Waals surface area contributed by atoms with Gasteiger partial charge in [-0.25, -0.2) is 9.18 Å². The van der Waals surface area contributed by atoms with Crippen molar-refractivity contribution in [3.05, 3.63) is 83.2 Å². The topological polar surface area (TPSA) is 84.0 Å². The molecule has 30 heavy (non-hydrogen) atoms. The molecule has 2 aromatic rings. The van der Waals surface area contributed by atoms with E-state index in [0.29, 0.717) is 5.56 Å². The van der Waals surface area contributed by atoms with Crippen LogP contribution in [0.3, 0.4) is 0 Å². The molecule has 7 nitrogen and oxygen atoms in total. The quantitative estimate of drug-likeness (QED) is 0.398. The number of carbonyl (C=O) groups excluding carboxylic acids is 4. The van der Waals surface area contributed by atoms with Crippen molar-refractivity contribution in [2.75, 3.05) is 20.2 Å². The third-order valence-corrected chi connectivity index (χ3v) is 4.58. The highest BCUT2D eigenvalue weighted by atomic mass is 19.1. The minimum Gasteiger partial charge on any atom is -0.452 e. The second-order valence-corrected chi connectivity index (χ2v) is 6.73. The van der Waals surface area contributed by atoms with E-state index >= 15 is 0 Å². The standard InChI is InChI=1S/C22H19FN2O5/c1-3-9-25-20(27)17-8-7-15(11-18(17)21(25)28)22(29)30-13-19(26)24(2)12-14-5-4-6-16(23)10-14/h3-8,10-11H,1,9,12-13H2,2H3. The number of imide groups is 1. The molecule has 0 saturated carbocycles. The molecule has 2 aromatic carbocycles. The van der Waals surface area contributed by atoms with Crippen molar-refractivity contribution in [2.24, 2.45) is 0 Å². The number of nitrogens with zero attached hydrogens (tertiary/aromatic N) is 2. The van der Waals surface area contributed by atoms with Crippen LogP contribution in [0.5, 0.6) is 0 Å². The number of ether oxygens (including phenoxy) is 1. The number of amides is 3. The van der Waals surface area contributed by atoms with E-state index in [0.717, 1.165) is 4.90 Å². The summed E-state index contributed by atoms with van der Waals surface area (Å²) in [5.74, 6) is -2.65. The van der Waals surface area contributed by atoms with Crippen LogP contribution in [0, 0.1) is 5.82 Å². The maximum atomic E-state index is 13.2. The van der Waals surface area contributed by atoms with Crippen molar-refractivity contribution < 1.29 is 28.3 Å². The first kappa shape index (κ1) is 20.9. The molecule has 0 aliphatic carbocycles. The van der Waals surface area contributed by atoms with Crippen LogP contribution < -0.4 is 0 Å². The van der Waals surface area contributed by atoms with Gasteiger partial charge >= 0.3 is 5.97 Å². The molecular weight excluding hydrogens is 391 g/mol. The van der Waals surface area contributed by atoms with Gasteiger partial charge in [-0.3, -0.25) is 19.3 Å². The van der Waals surface area contributed by atoms with Crippen molar-refractivity contribution in [3.8, 4) is 0 Å². The van der Waals surface area contributed by atoms with Crippen molar-refractivity contribution in [3.63, 3.8) is 0 Å². The summed E-state index contributed by atoms with van der Waals surface area (Å²) in [6.45, 7) is 3.22. The molecule has 0 N–H and O–H groups in total. The van der Waals surface area contributed by atoms with Crippen LogP contribution in [-0.4, -0.2) is 53.7 Å². The van der Waals surface area contributed by atoms with Crippen molar-refractivity contribution in [2.45, 2.75) is 6.54 Å². The van der Waals surface area contributed by atoms with E-state index in [2.05, 4.69) is 6.58 Å². The second-order valence-electron chi connectivity index (χ2n) is 6.73. The fraction of sp³-hybridized carbons (Fsp3) is 0.182. The Morgan fingerprint density at radius 3 is 2.57 bits per heavy atom. The third-order valence-electron chi connectivity index (χ3n) is 4.58. The number of fused-ring (bicyclic) bond motifs is 1. The highest BCUT2D eigenvalue weighted by Crippen LogP contribution is 2.24. The molecule has 1 aliphatic heterocycles. The lowest BCUT2D eigenvalue weighted by molar-refractivity contribution is -0.133. The van der Waals surface area contributed by atoms with Crippen LogP contribution in [0.2, 0.25) is 0 Å². The molecule has 3 rings (SSSR count). The fourth-order valence-electron chi connectivity index (χ4n) is 3.03. The number of hydrogen-bond donors (Lipinski definition) is 0. The molecule has 154 valence electrons. The first-order chi connectivity index (χ1) is 14.3. The Kier molecular flexibility index (Phi) is 6.06. The minimum absolute atomic E-state index is 0.0518. The Balaban J connectivity index is 1.62. The zero-order chi connectivity index (χ0) is 21.8. The van der Waals surface area contributed by atoms with Gasteiger partial charge in [0.05, 0.1) is 16.7 Å². The highest BCUT2D eigenvalue weighted by Gasteiger charge is 2.35. The summed E-state index contributed by atoms with van der Waals surface area (Å²) in [5.41, 5.74) is 0.953. The molecular formula is C22H19FN2O5. The first-order valence-corrected chi connectivity index (χ1v) is 9.08. The normalized spacial score (nSPS) is 12.5. The van der Waals surface area contributed by atoms with Gasteiger partial charge in [0.2, 0.25) is 0 Å². The van der Waals surface area contributed by atoms with E-state index in [1.54, 1.807) is 12.1 Å².